The number of hydrogen-bond donors (Lipinski definition) is 1. The number of nitrogen functional groups attached to an aromatic ring is 1. The van der Waals surface area contributed by atoms with Gasteiger partial charge in [0.05, 0.1) is 25.5 Å². The lowest BCUT2D eigenvalue weighted by Gasteiger charge is -2.28. The standard InChI is InChI=1S/C16H20N4O2/c1-21-14-4-3-5-15(22-2)12(14)10-20-7-6-13-11(9-20)8-18-16(17)19-13/h3-5,8H,6-7,9-10H2,1-2H3,(H2,17,18,19). The molecule has 2 heterocycles. The van der Waals surface area contributed by atoms with E-state index in [1.165, 1.54) is 0 Å². The summed E-state index contributed by atoms with van der Waals surface area (Å²) in [4.78, 5) is 10.7. The van der Waals surface area contributed by atoms with Crippen LogP contribution in [0.25, 0.3) is 0 Å². The highest BCUT2D eigenvalue weighted by Crippen LogP contribution is 2.31. The number of methoxy groups -OCH3 is 2. The molecule has 0 bridgehead atoms. The predicted molar refractivity (Wildman–Crippen MR) is 83.8 cm³/mol. The number of hydrogen-bond acceptors (Lipinski definition) is 6. The molecule has 0 spiro atoms. The molecule has 6 nitrogen and oxygen atoms in total. The second-order valence-electron chi connectivity index (χ2n) is 5.30. The number of benzene rings is 1. The molecular formula is C16H20N4O2. The van der Waals surface area contributed by atoms with E-state index in [-0.39, 0.29) is 0 Å². The Labute approximate surface area is 129 Å². The third kappa shape index (κ3) is 2.82. The molecule has 0 aliphatic carbocycles. The molecule has 3 rings (SSSR count). The van der Waals surface area contributed by atoms with Gasteiger partial charge in [-0.25, -0.2) is 9.97 Å². The normalized spacial score (nSPS) is 14.5. The number of fused-ring (bicyclic) bond motifs is 1. The topological polar surface area (TPSA) is 73.5 Å². The van der Waals surface area contributed by atoms with Crippen molar-refractivity contribution in [1.82, 2.24) is 14.9 Å². The number of anilines is 1. The highest BCUT2D eigenvalue weighted by atomic mass is 16.5. The maximum absolute atomic E-state index is 5.65. The van der Waals surface area contributed by atoms with Gasteiger partial charge in [-0.3, -0.25) is 4.90 Å². The second kappa shape index (κ2) is 6.19. The number of aromatic nitrogens is 2. The van der Waals surface area contributed by atoms with Crippen LogP contribution in [0, 0.1) is 0 Å². The van der Waals surface area contributed by atoms with E-state index in [1.807, 2.05) is 24.4 Å². The van der Waals surface area contributed by atoms with Crippen LogP contribution in [0.3, 0.4) is 0 Å². The number of nitrogens with two attached hydrogens (primary N) is 1. The number of ether oxygens (including phenoxy) is 2. The Morgan fingerprint density at radius 2 is 1.95 bits per heavy atom. The van der Waals surface area contributed by atoms with Crippen molar-refractivity contribution in [3.8, 4) is 11.5 Å². The summed E-state index contributed by atoms with van der Waals surface area (Å²) in [7, 11) is 3.36. The molecule has 1 aliphatic heterocycles. The molecule has 22 heavy (non-hydrogen) atoms. The van der Waals surface area contributed by atoms with E-state index in [0.29, 0.717) is 5.95 Å². The third-order valence-electron chi connectivity index (χ3n) is 3.94. The molecule has 2 N–H and O–H groups in total. The molecule has 2 aromatic rings. The van der Waals surface area contributed by atoms with Gasteiger partial charge in [0.15, 0.2) is 0 Å². The molecule has 6 heteroatoms. The Kier molecular flexibility index (Phi) is 4.11. The van der Waals surface area contributed by atoms with Crippen molar-refractivity contribution in [2.45, 2.75) is 19.5 Å². The molecule has 1 aromatic carbocycles. The van der Waals surface area contributed by atoms with Crippen molar-refractivity contribution in [2.24, 2.45) is 0 Å². The smallest absolute Gasteiger partial charge is 0.220 e. The molecule has 0 unspecified atom stereocenters. The van der Waals surface area contributed by atoms with Crippen LogP contribution in [-0.4, -0.2) is 35.6 Å². The lowest BCUT2D eigenvalue weighted by molar-refractivity contribution is 0.235. The lowest BCUT2D eigenvalue weighted by atomic mass is 10.1. The van der Waals surface area contributed by atoms with E-state index in [1.54, 1.807) is 14.2 Å². The minimum Gasteiger partial charge on any atom is -0.496 e. The van der Waals surface area contributed by atoms with Gasteiger partial charge in [-0.1, -0.05) is 6.07 Å². The molecular weight excluding hydrogens is 280 g/mol. The molecule has 0 saturated heterocycles. The fraction of sp³-hybridized carbons (Fsp3) is 0.375. The van der Waals surface area contributed by atoms with Crippen molar-refractivity contribution in [1.29, 1.82) is 0 Å². The lowest BCUT2D eigenvalue weighted by Crippen LogP contribution is -2.31. The number of rotatable bonds is 4. The highest BCUT2D eigenvalue weighted by molar-refractivity contribution is 5.44. The van der Waals surface area contributed by atoms with Gasteiger partial charge in [0.25, 0.3) is 0 Å². The summed E-state index contributed by atoms with van der Waals surface area (Å²) in [5.74, 6) is 2.04. The molecule has 116 valence electrons. The van der Waals surface area contributed by atoms with Crippen molar-refractivity contribution >= 4 is 5.95 Å². The van der Waals surface area contributed by atoms with Crippen LogP contribution in [0.5, 0.6) is 11.5 Å². The van der Waals surface area contributed by atoms with Gasteiger partial charge in [-0.05, 0) is 12.1 Å². The van der Waals surface area contributed by atoms with Crippen LogP contribution >= 0.6 is 0 Å². The van der Waals surface area contributed by atoms with Crippen molar-refractivity contribution in [2.75, 3.05) is 26.5 Å². The van der Waals surface area contributed by atoms with Gasteiger partial charge in [-0.15, -0.1) is 0 Å². The Hall–Kier alpha value is -2.34. The SMILES string of the molecule is COc1cccc(OC)c1CN1CCc2nc(N)ncc2C1. The predicted octanol–water partition coefficient (Wildman–Crippen LogP) is 1.63. The van der Waals surface area contributed by atoms with E-state index in [4.69, 9.17) is 15.2 Å². The average molecular weight is 300 g/mol. The van der Waals surface area contributed by atoms with Gasteiger partial charge in [0.2, 0.25) is 5.95 Å². The molecule has 0 saturated carbocycles. The summed E-state index contributed by atoms with van der Waals surface area (Å²) in [6, 6.07) is 5.85. The average Bonchev–Trinajstić information content (AvgIpc) is 2.55. The van der Waals surface area contributed by atoms with Crippen LogP contribution in [-0.2, 0) is 19.5 Å². The molecule has 0 radical (unpaired) electrons. The summed E-state index contributed by atoms with van der Waals surface area (Å²) in [6.07, 6.45) is 2.70. The summed E-state index contributed by atoms with van der Waals surface area (Å²) >= 11 is 0. The van der Waals surface area contributed by atoms with Crippen LogP contribution in [0.2, 0.25) is 0 Å². The minimum absolute atomic E-state index is 0.346. The Bertz CT molecular complexity index is 653. The van der Waals surface area contributed by atoms with E-state index in [2.05, 4.69) is 14.9 Å². The maximum Gasteiger partial charge on any atom is 0.220 e. The molecule has 1 aliphatic rings. The van der Waals surface area contributed by atoms with Gasteiger partial charge in [0.1, 0.15) is 11.5 Å². The second-order valence-corrected chi connectivity index (χ2v) is 5.30. The fourth-order valence-corrected chi connectivity index (χ4v) is 2.83. The summed E-state index contributed by atoms with van der Waals surface area (Å²) in [5.41, 5.74) is 8.89. The first kappa shape index (κ1) is 14.6. The highest BCUT2D eigenvalue weighted by Gasteiger charge is 2.21. The van der Waals surface area contributed by atoms with E-state index >= 15 is 0 Å². The maximum atomic E-state index is 5.65. The van der Waals surface area contributed by atoms with E-state index in [0.717, 1.165) is 54.4 Å². The van der Waals surface area contributed by atoms with Gasteiger partial charge in [0, 0.05) is 37.8 Å². The summed E-state index contributed by atoms with van der Waals surface area (Å²) in [6.45, 7) is 2.48. The molecule has 1 aromatic heterocycles. The van der Waals surface area contributed by atoms with Gasteiger partial charge >= 0.3 is 0 Å². The zero-order valence-electron chi connectivity index (χ0n) is 12.9. The summed E-state index contributed by atoms with van der Waals surface area (Å²) < 4.78 is 10.9. The zero-order chi connectivity index (χ0) is 15.5. The first-order chi connectivity index (χ1) is 10.7. The van der Waals surface area contributed by atoms with Crippen molar-refractivity contribution < 1.29 is 9.47 Å². The fourth-order valence-electron chi connectivity index (χ4n) is 2.83. The van der Waals surface area contributed by atoms with Crippen LogP contribution in [0.15, 0.2) is 24.4 Å². The quantitative estimate of drug-likeness (QED) is 0.925. The van der Waals surface area contributed by atoms with Crippen LogP contribution in [0.1, 0.15) is 16.8 Å². The zero-order valence-corrected chi connectivity index (χ0v) is 12.9. The first-order valence-electron chi connectivity index (χ1n) is 7.23. The van der Waals surface area contributed by atoms with E-state index in [9.17, 15) is 0 Å². The van der Waals surface area contributed by atoms with Crippen LogP contribution < -0.4 is 15.2 Å². The Balaban J connectivity index is 1.82. The first-order valence-corrected chi connectivity index (χ1v) is 7.23. The van der Waals surface area contributed by atoms with Gasteiger partial charge < -0.3 is 15.2 Å². The largest absolute Gasteiger partial charge is 0.496 e. The van der Waals surface area contributed by atoms with Crippen molar-refractivity contribution in [3.05, 3.63) is 41.2 Å². The minimum atomic E-state index is 0.346. The Morgan fingerprint density at radius 3 is 2.64 bits per heavy atom. The molecule has 0 amide bonds. The number of nitrogens with zero attached hydrogens (tertiary/aromatic N) is 3. The van der Waals surface area contributed by atoms with Crippen molar-refractivity contribution in [3.63, 3.8) is 0 Å². The third-order valence-corrected chi connectivity index (χ3v) is 3.94. The summed E-state index contributed by atoms with van der Waals surface area (Å²) in [5, 5.41) is 0. The van der Waals surface area contributed by atoms with Crippen LogP contribution in [0.4, 0.5) is 5.95 Å². The molecule has 0 fully saturated rings. The van der Waals surface area contributed by atoms with E-state index < -0.39 is 0 Å². The monoisotopic (exact) mass is 300 g/mol. The molecule has 0 atom stereocenters. The van der Waals surface area contributed by atoms with Gasteiger partial charge in [-0.2, -0.15) is 0 Å². The Morgan fingerprint density at radius 1 is 1.23 bits per heavy atom.